The predicted molar refractivity (Wildman–Crippen MR) is 137 cm³/mol. The third kappa shape index (κ3) is 11.1. The van der Waals surface area contributed by atoms with Gasteiger partial charge in [0.05, 0.1) is 0 Å². The molecule has 0 N–H and O–H groups in total. The van der Waals surface area contributed by atoms with Crippen LogP contribution in [0.1, 0.15) is 116 Å². The van der Waals surface area contributed by atoms with Crippen LogP contribution in [-0.4, -0.2) is 29.1 Å². The Morgan fingerprint density at radius 2 is 0.968 bits per heavy atom. The molecule has 1 unspecified atom stereocenters. The summed E-state index contributed by atoms with van der Waals surface area (Å²) in [4.78, 5) is 5.22. The Labute approximate surface area is 194 Å². The molecule has 1 aliphatic rings. The van der Waals surface area contributed by atoms with Gasteiger partial charge in [0, 0.05) is 31.9 Å². The Hall–Kier alpha value is -1.44. The van der Waals surface area contributed by atoms with Gasteiger partial charge >= 0.3 is 0 Å². The number of hydrogen-bond donors (Lipinski definition) is 0. The first-order chi connectivity index (χ1) is 15.3. The molecule has 2 heteroatoms. The highest BCUT2D eigenvalue weighted by atomic mass is 15.4. The van der Waals surface area contributed by atoms with E-state index in [0.717, 1.165) is 6.42 Å². The first-order valence-corrected chi connectivity index (χ1v) is 13.6. The van der Waals surface area contributed by atoms with Gasteiger partial charge in [0.2, 0.25) is 0 Å². The SMILES string of the molecule is CCCCCCCCCCCCN1C=CN(CCCCCCC)C1Cc1ccccc1. The van der Waals surface area contributed by atoms with Crippen molar-refractivity contribution in [2.45, 2.75) is 123 Å². The molecule has 1 aromatic rings. The maximum Gasteiger partial charge on any atom is 0.105 e. The molecule has 2 rings (SSSR count). The molecule has 1 heterocycles. The van der Waals surface area contributed by atoms with Gasteiger partial charge in [-0.3, -0.25) is 0 Å². The van der Waals surface area contributed by atoms with Gasteiger partial charge in [-0.15, -0.1) is 0 Å². The fraction of sp³-hybridized carbons (Fsp3) is 0.724. The molecule has 0 radical (unpaired) electrons. The van der Waals surface area contributed by atoms with Crippen LogP contribution in [0, 0.1) is 0 Å². The van der Waals surface area contributed by atoms with E-state index in [2.05, 4.69) is 66.4 Å². The predicted octanol–water partition coefficient (Wildman–Crippen LogP) is 8.54. The van der Waals surface area contributed by atoms with Gasteiger partial charge < -0.3 is 9.80 Å². The maximum absolute atomic E-state index is 2.61. The van der Waals surface area contributed by atoms with Crippen molar-refractivity contribution in [1.82, 2.24) is 9.80 Å². The fourth-order valence-corrected chi connectivity index (χ4v) is 4.75. The maximum atomic E-state index is 2.61. The largest absolute Gasteiger partial charge is 0.356 e. The van der Waals surface area contributed by atoms with Crippen molar-refractivity contribution in [2.75, 3.05) is 13.1 Å². The molecule has 1 atom stereocenters. The Bertz CT molecular complexity index is 553. The van der Waals surface area contributed by atoms with Crippen LogP contribution in [0.3, 0.4) is 0 Å². The van der Waals surface area contributed by atoms with Crippen LogP contribution in [-0.2, 0) is 6.42 Å². The van der Waals surface area contributed by atoms with Gasteiger partial charge in [-0.2, -0.15) is 0 Å². The van der Waals surface area contributed by atoms with Crippen LogP contribution in [0.5, 0.6) is 0 Å². The minimum absolute atomic E-state index is 0.507. The zero-order valence-electron chi connectivity index (χ0n) is 20.7. The second-order valence-corrected chi connectivity index (χ2v) is 9.54. The summed E-state index contributed by atoms with van der Waals surface area (Å²) >= 11 is 0. The smallest absolute Gasteiger partial charge is 0.105 e. The van der Waals surface area contributed by atoms with Crippen LogP contribution < -0.4 is 0 Å². The zero-order chi connectivity index (χ0) is 22.0. The van der Waals surface area contributed by atoms with Gasteiger partial charge in [0.25, 0.3) is 0 Å². The van der Waals surface area contributed by atoms with E-state index in [4.69, 9.17) is 0 Å². The minimum Gasteiger partial charge on any atom is -0.356 e. The van der Waals surface area contributed by atoms with E-state index in [0.29, 0.717) is 6.17 Å². The Kier molecular flexibility index (Phi) is 14.3. The van der Waals surface area contributed by atoms with Crippen molar-refractivity contribution in [1.29, 1.82) is 0 Å². The summed E-state index contributed by atoms with van der Waals surface area (Å²) in [5.74, 6) is 0. The van der Waals surface area contributed by atoms with Crippen LogP contribution in [0.25, 0.3) is 0 Å². The van der Waals surface area contributed by atoms with Crippen molar-refractivity contribution in [3.05, 3.63) is 48.3 Å². The summed E-state index contributed by atoms with van der Waals surface area (Å²) < 4.78 is 0. The van der Waals surface area contributed by atoms with Crippen molar-refractivity contribution >= 4 is 0 Å². The lowest BCUT2D eigenvalue weighted by molar-refractivity contribution is 0.148. The number of hydrogen-bond acceptors (Lipinski definition) is 2. The molecule has 1 aliphatic heterocycles. The van der Waals surface area contributed by atoms with Crippen molar-refractivity contribution in [3.63, 3.8) is 0 Å². The summed E-state index contributed by atoms with van der Waals surface area (Å²) in [6.45, 7) is 7.00. The molecule has 0 saturated carbocycles. The molecule has 31 heavy (non-hydrogen) atoms. The van der Waals surface area contributed by atoms with E-state index in [9.17, 15) is 0 Å². The lowest BCUT2D eigenvalue weighted by atomic mass is 10.1. The molecule has 0 aromatic heterocycles. The summed E-state index contributed by atoms with van der Waals surface area (Å²) in [7, 11) is 0. The lowest BCUT2D eigenvalue weighted by Gasteiger charge is -2.33. The zero-order valence-corrected chi connectivity index (χ0v) is 20.7. The summed E-state index contributed by atoms with van der Waals surface area (Å²) in [5.41, 5.74) is 1.46. The average Bonchev–Trinajstić information content (AvgIpc) is 3.17. The van der Waals surface area contributed by atoms with Gasteiger partial charge in [-0.1, -0.05) is 128 Å². The molecule has 0 fully saturated rings. The third-order valence-corrected chi connectivity index (χ3v) is 6.77. The number of nitrogens with zero attached hydrogens (tertiary/aromatic N) is 2. The van der Waals surface area contributed by atoms with E-state index in [-0.39, 0.29) is 0 Å². The van der Waals surface area contributed by atoms with Crippen LogP contribution in [0.2, 0.25) is 0 Å². The quantitative estimate of drug-likeness (QED) is 0.204. The number of unbranched alkanes of at least 4 members (excludes halogenated alkanes) is 13. The molecule has 0 bridgehead atoms. The normalized spacial score (nSPS) is 15.9. The summed E-state index contributed by atoms with van der Waals surface area (Å²) in [6.07, 6.45) is 27.3. The molecule has 2 nitrogen and oxygen atoms in total. The first kappa shape index (κ1) is 25.8. The Morgan fingerprint density at radius 3 is 1.42 bits per heavy atom. The highest BCUT2D eigenvalue weighted by Crippen LogP contribution is 2.22. The Balaban J connectivity index is 1.68. The second-order valence-electron chi connectivity index (χ2n) is 9.54. The van der Waals surface area contributed by atoms with Gasteiger partial charge in [-0.05, 0) is 18.4 Å². The highest BCUT2D eigenvalue weighted by Gasteiger charge is 2.25. The Morgan fingerprint density at radius 1 is 0.548 bits per heavy atom. The molecule has 0 aliphatic carbocycles. The average molecular weight is 427 g/mol. The second kappa shape index (κ2) is 17.2. The molecule has 0 spiro atoms. The van der Waals surface area contributed by atoms with Crippen molar-refractivity contribution in [3.8, 4) is 0 Å². The van der Waals surface area contributed by atoms with Crippen molar-refractivity contribution in [2.24, 2.45) is 0 Å². The fourth-order valence-electron chi connectivity index (χ4n) is 4.75. The molecule has 0 amide bonds. The van der Waals surface area contributed by atoms with E-state index >= 15 is 0 Å². The highest BCUT2D eigenvalue weighted by molar-refractivity contribution is 5.17. The van der Waals surface area contributed by atoms with Crippen LogP contribution in [0.15, 0.2) is 42.7 Å². The number of benzene rings is 1. The van der Waals surface area contributed by atoms with Gasteiger partial charge in [-0.25, -0.2) is 0 Å². The number of rotatable bonds is 19. The summed E-state index contributed by atoms with van der Waals surface area (Å²) in [5, 5.41) is 0. The standard InChI is InChI=1S/C29H50N2/c1-3-5-7-9-10-11-12-13-15-20-24-31-26-25-30(23-19-14-8-6-4-2)29(31)27-28-21-17-16-18-22-28/h16-18,21-22,25-26,29H,3-15,19-20,23-24,27H2,1-2H3. The van der Waals surface area contributed by atoms with Crippen LogP contribution >= 0.6 is 0 Å². The molecule has 176 valence electrons. The lowest BCUT2D eigenvalue weighted by Crippen LogP contribution is -2.41. The summed E-state index contributed by atoms with van der Waals surface area (Å²) in [6, 6.07) is 11.1. The van der Waals surface area contributed by atoms with Gasteiger partial charge in [0.1, 0.15) is 6.17 Å². The van der Waals surface area contributed by atoms with Crippen molar-refractivity contribution < 1.29 is 0 Å². The first-order valence-electron chi connectivity index (χ1n) is 13.6. The van der Waals surface area contributed by atoms with E-state index < -0.39 is 0 Å². The van der Waals surface area contributed by atoms with Gasteiger partial charge in [0.15, 0.2) is 0 Å². The minimum atomic E-state index is 0.507. The molecule has 1 aromatic carbocycles. The topological polar surface area (TPSA) is 6.48 Å². The molecule has 0 saturated heterocycles. The van der Waals surface area contributed by atoms with E-state index in [1.807, 2.05) is 0 Å². The third-order valence-electron chi connectivity index (χ3n) is 6.77. The monoisotopic (exact) mass is 426 g/mol. The van der Waals surface area contributed by atoms with E-state index in [1.54, 1.807) is 0 Å². The molecular weight excluding hydrogens is 376 g/mol. The van der Waals surface area contributed by atoms with Crippen LogP contribution in [0.4, 0.5) is 0 Å². The molecular formula is C29H50N2. The van der Waals surface area contributed by atoms with E-state index in [1.165, 1.54) is 115 Å².